The lowest BCUT2D eigenvalue weighted by molar-refractivity contribution is 0.0638. The van der Waals surface area contributed by atoms with E-state index in [2.05, 4.69) is 15.5 Å². The van der Waals surface area contributed by atoms with E-state index in [1.165, 1.54) is 11.0 Å². The largest absolute Gasteiger partial charge is 0.385 e. The first-order valence-corrected chi connectivity index (χ1v) is 11.1. The Kier molecular flexibility index (Phi) is 6.36. The average Bonchev–Trinajstić information content (AvgIpc) is 3.22. The van der Waals surface area contributed by atoms with E-state index < -0.39 is 5.54 Å². The molecule has 9 heteroatoms. The van der Waals surface area contributed by atoms with Crippen LogP contribution in [0.4, 0.5) is 0 Å². The SMILES string of the molecule is COCCCN1C(=O)c2ccc(C(=O)NC3(c4noc(C)n4)CCCCCC3)cc2C1=O. The summed E-state index contributed by atoms with van der Waals surface area (Å²) in [5, 5.41) is 7.25. The summed E-state index contributed by atoms with van der Waals surface area (Å²) in [6.45, 7) is 2.46. The first-order valence-electron chi connectivity index (χ1n) is 11.1. The van der Waals surface area contributed by atoms with Crippen LogP contribution in [0, 0.1) is 6.92 Å². The second-order valence-corrected chi connectivity index (χ2v) is 8.46. The number of carbonyl (C=O) groups is 3. The minimum Gasteiger partial charge on any atom is -0.385 e. The standard InChI is InChI=1S/C23H28N4O5/c1-15-24-22(26-32-15)23(10-5-3-4-6-11-23)25-19(28)16-8-9-17-18(14-16)21(30)27(20(17)29)12-7-13-31-2/h8-9,14H,3-7,10-13H2,1-2H3,(H,25,28). The van der Waals surface area contributed by atoms with Gasteiger partial charge in [-0.2, -0.15) is 4.98 Å². The number of benzene rings is 1. The van der Waals surface area contributed by atoms with Crippen molar-refractivity contribution in [2.75, 3.05) is 20.3 Å². The van der Waals surface area contributed by atoms with Crippen LogP contribution in [0.15, 0.2) is 22.7 Å². The van der Waals surface area contributed by atoms with Gasteiger partial charge in [-0.25, -0.2) is 0 Å². The molecule has 0 atom stereocenters. The summed E-state index contributed by atoms with van der Waals surface area (Å²) in [6, 6.07) is 4.65. The molecule has 1 aromatic heterocycles. The highest BCUT2D eigenvalue weighted by Gasteiger charge is 2.40. The van der Waals surface area contributed by atoms with Crippen LogP contribution >= 0.6 is 0 Å². The molecule has 1 aliphatic carbocycles. The van der Waals surface area contributed by atoms with Crippen molar-refractivity contribution in [2.45, 2.75) is 57.4 Å². The number of rotatable bonds is 7. The highest BCUT2D eigenvalue weighted by molar-refractivity contribution is 6.22. The minimum absolute atomic E-state index is 0.255. The van der Waals surface area contributed by atoms with Crippen LogP contribution in [-0.4, -0.2) is 53.0 Å². The monoisotopic (exact) mass is 440 g/mol. The second-order valence-electron chi connectivity index (χ2n) is 8.46. The Morgan fingerprint density at radius 3 is 2.53 bits per heavy atom. The van der Waals surface area contributed by atoms with Crippen LogP contribution in [0.5, 0.6) is 0 Å². The van der Waals surface area contributed by atoms with Crippen LogP contribution in [0.25, 0.3) is 0 Å². The molecule has 1 saturated carbocycles. The Morgan fingerprint density at radius 1 is 1.16 bits per heavy atom. The molecule has 1 aliphatic heterocycles. The van der Waals surface area contributed by atoms with Gasteiger partial charge < -0.3 is 14.6 Å². The van der Waals surface area contributed by atoms with Gasteiger partial charge in [-0.1, -0.05) is 30.8 Å². The van der Waals surface area contributed by atoms with Gasteiger partial charge in [-0.3, -0.25) is 19.3 Å². The maximum Gasteiger partial charge on any atom is 0.261 e. The van der Waals surface area contributed by atoms with E-state index in [0.717, 1.165) is 25.7 Å². The molecule has 32 heavy (non-hydrogen) atoms. The van der Waals surface area contributed by atoms with Gasteiger partial charge in [0.25, 0.3) is 17.7 Å². The van der Waals surface area contributed by atoms with Gasteiger partial charge in [0.1, 0.15) is 5.54 Å². The zero-order chi connectivity index (χ0) is 22.7. The molecule has 0 saturated heterocycles. The molecule has 2 heterocycles. The molecule has 4 rings (SSSR count). The summed E-state index contributed by atoms with van der Waals surface area (Å²) >= 11 is 0. The molecular weight excluding hydrogens is 412 g/mol. The van der Waals surface area contributed by atoms with Crippen LogP contribution in [-0.2, 0) is 10.3 Å². The van der Waals surface area contributed by atoms with E-state index in [1.54, 1.807) is 26.2 Å². The van der Waals surface area contributed by atoms with Gasteiger partial charge >= 0.3 is 0 Å². The highest BCUT2D eigenvalue weighted by Crippen LogP contribution is 2.35. The second kappa shape index (κ2) is 9.20. The summed E-state index contributed by atoms with van der Waals surface area (Å²) in [7, 11) is 1.57. The van der Waals surface area contributed by atoms with E-state index in [0.29, 0.717) is 48.7 Å². The van der Waals surface area contributed by atoms with Gasteiger partial charge in [0.15, 0.2) is 5.82 Å². The van der Waals surface area contributed by atoms with Crippen molar-refractivity contribution < 1.29 is 23.6 Å². The fourth-order valence-corrected chi connectivity index (χ4v) is 4.52. The van der Waals surface area contributed by atoms with Crippen molar-refractivity contribution >= 4 is 17.7 Å². The maximum atomic E-state index is 13.3. The minimum atomic E-state index is -0.712. The summed E-state index contributed by atoms with van der Waals surface area (Å²) in [4.78, 5) is 44.3. The predicted molar refractivity (Wildman–Crippen MR) is 114 cm³/mol. The van der Waals surface area contributed by atoms with E-state index in [-0.39, 0.29) is 29.8 Å². The van der Waals surface area contributed by atoms with Crippen molar-refractivity contribution in [3.8, 4) is 0 Å². The Labute approximate surface area is 186 Å². The quantitative estimate of drug-likeness (QED) is 0.400. The molecule has 1 fully saturated rings. The number of nitrogens with one attached hydrogen (secondary N) is 1. The normalized spacial score (nSPS) is 17.9. The van der Waals surface area contributed by atoms with Crippen LogP contribution in [0.1, 0.15) is 87.7 Å². The fraction of sp³-hybridized carbons (Fsp3) is 0.522. The molecule has 1 N–H and O–H groups in total. The first kappa shape index (κ1) is 22.1. The van der Waals surface area contributed by atoms with Gasteiger partial charge in [0, 0.05) is 32.7 Å². The highest BCUT2D eigenvalue weighted by atomic mass is 16.5. The van der Waals surface area contributed by atoms with E-state index in [4.69, 9.17) is 9.26 Å². The number of carbonyl (C=O) groups excluding carboxylic acids is 3. The molecule has 0 unspecified atom stereocenters. The van der Waals surface area contributed by atoms with Gasteiger partial charge in [-0.15, -0.1) is 0 Å². The van der Waals surface area contributed by atoms with Crippen LogP contribution in [0.3, 0.4) is 0 Å². The number of aromatic nitrogens is 2. The number of fused-ring (bicyclic) bond motifs is 1. The molecule has 3 amide bonds. The number of ether oxygens (including phenoxy) is 1. The van der Waals surface area contributed by atoms with Crippen molar-refractivity contribution in [3.63, 3.8) is 0 Å². The van der Waals surface area contributed by atoms with E-state index >= 15 is 0 Å². The van der Waals surface area contributed by atoms with E-state index in [9.17, 15) is 14.4 Å². The molecule has 2 aliphatic rings. The molecule has 9 nitrogen and oxygen atoms in total. The lowest BCUT2D eigenvalue weighted by Gasteiger charge is -2.30. The number of imide groups is 1. The van der Waals surface area contributed by atoms with Crippen molar-refractivity contribution in [3.05, 3.63) is 46.6 Å². The van der Waals surface area contributed by atoms with Crippen molar-refractivity contribution in [2.24, 2.45) is 0 Å². The molecule has 0 bridgehead atoms. The molecule has 2 aromatic rings. The summed E-state index contributed by atoms with van der Waals surface area (Å²) in [5.74, 6) is -0.102. The van der Waals surface area contributed by atoms with Gasteiger partial charge in [0.2, 0.25) is 5.89 Å². The average molecular weight is 441 g/mol. The van der Waals surface area contributed by atoms with Crippen LogP contribution in [0.2, 0.25) is 0 Å². The molecule has 0 radical (unpaired) electrons. The number of aryl methyl sites for hydroxylation is 1. The lowest BCUT2D eigenvalue weighted by Crippen LogP contribution is -2.46. The number of nitrogens with zero attached hydrogens (tertiary/aromatic N) is 3. The molecule has 0 spiro atoms. The summed E-state index contributed by atoms with van der Waals surface area (Å²) in [6.07, 6.45) is 6.05. The smallest absolute Gasteiger partial charge is 0.261 e. The zero-order valence-electron chi connectivity index (χ0n) is 18.5. The lowest BCUT2D eigenvalue weighted by atomic mass is 9.88. The van der Waals surface area contributed by atoms with Crippen molar-refractivity contribution in [1.29, 1.82) is 0 Å². The Bertz CT molecular complexity index is 1020. The topological polar surface area (TPSA) is 115 Å². The van der Waals surface area contributed by atoms with E-state index in [1.807, 2.05) is 0 Å². The van der Waals surface area contributed by atoms with Gasteiger partial charge in [-0.05, 0) is 37.5 Å². The number of methoxy groups -OCH3 is 1. The third-order valence-electron chi connectivity index (χ3n) is 6.23. The Morgan fingerprint density at radius 2 is 1.88 bits per heavy atom. The van der Waals surface area contributed by atoms with Crippen molar-refractivity contribution in [1.82, 2.24) is 20.4 Å². The number of hydrogen-bond acceptors (Lipinski definition) is 7. The molecule has 1 aromatic carbocycles. The third-order valence-corrected chi connectivity index (χ3v) is 6.23. The Hall–Kier alpha value is -3.07. The Balaban J connectivity index is 1.58. The number of amides is 3. The van der Waals surface area contributed by atoms with Gasteiger partial charge in [0.05, 0.1) is 11.1 Å². The summed E-state index contributed by atoms with van der Waals surface area (Å²) < 4.78 is 10.2. The number of hydrogen-bond donors (Lipinski definition) is 1. The molecule has 170 valence electrons. The predicted octanol–water partition coefficient (Wildman–Crippen LogP) is 2.99. The molecular formula is C23H28N4O5. The maximum absolute atomic E-state index is 13.3. The third kappa shape index (κ3) is 4.17. The van der Waals surface area contributed by atoms with Crippen LogP contribution < -0.4 is 5.32 Å². The zero-order valence-corrected chi connectivity index (χ0v) is 18.5. The fourth-order valence-electron chi connectivity index (χ4n) is 4.52. The first-order chi connectivity index (χ1) is 15.4. The summed E-state index contributed by atoms with van der Waals surface area (Å²) in [5.41, 5.74) is 0.191.